The maximum atomic E-state index is 5.07. The second kappa shape index (κ2) is 19.8. The fraction of sp³-hybridized carbons (Fsp3) is 0.122. The summed E-state index contributed by atoms with van der Waals surface area (Å²) in [4.78, 5) is 4.58. The molecule has 0 saturated carbocycles. The first kappa shape index (κ1) is 36.8. The van der Waals surface area contributed by atoms with Crippen LogP contribution in [0.4, 0.5) is 0 Å². The fourth-order valence-electron chi connectivity index (χ4n) is 4.32. The van der Waals surface area contributed by atoms with Gasteiger partial charge in [0.25, 0.3) is 0 Å². The molecule has 0 fully saturated rings. The molecule has 2 aromatic heterocycles. The molecule has 0 aliphatic rings. The van der Waals surface area contributed by atoms with Gasteiger partial charge in [0.05, 0.1) is 0 Å². The molecule has 0 saturated heterocycles. The van der Waals surface area contributed by atoms with Crippen LogP contribution in [-0.4, -0.2) is 9.66 Å². The molecule has 4 heteroatoms. The quantitative estimate of drug-likeness (QED) is 0.168. The van der Waals surface area contributed by atoms with Gasteiger partial charge in [-0.1, -0.05) is 61.5 Å². The number of pyridine rings is 1. The van der Waals surface area contributed by atoms with Gasteiger partial charge in [0, 0.05) is 23.3 Å². The molecule has 45 heavy (non-hydrogen) atoms. The Morgan fingerprint density at radius 1 is 0.556 bits per heavy atom. The van der Waals surface area contributed by atoms with Gasteiger partial charge in [-0.15, -0.1) is 36.4 Å². The molecular weight excluding hydrogens is 626 g/mol. The molecule has 0 radical (unpaired) electrons. The van der Waals surface area contributed by atoms with Gasteiger partial charge in [0.1, 0.15) is 0 Å². The average Bonchev–Trinajstić information content (AvgIpc) is 3.36. The van der Waals surface area contributed by atoms with Crippen LogP contribution in [0.5, 0.6) is 0 Å². The zero-order valence-electron chi connectivity index (χ0n) is 26.7. The van der Waals surface area contributed by atoms with Crippen molar-refractivity contribution in [3.63, 3.8) is 0 Å². The van der Waals surface area contributed by atoms with Crippen molar-refractivity contribution in [3.8, 4) is 0 Å². The number of aryl methyl sites for hydroxylation is 2. The Labute approximate surface area is 290 Å². The Morgan fingerprint density at radius 2 is 0.933 bits per heavy atom. The molecule has 0 amide bonds. The van der Waals surface area contributed by atoms with E-state index in [1.807, 2.05) is 120 Å². The number of benzene rings is 4. The molecule has 0 bridgehead atoms. The van der Waals surface area contributed by atoms with Crippen molar-refractivity contribution in [2.24, 2.45) is 0 Å². The Morgan fingerprint density at radius 3 is 1.27 bits per heavy atom. The van der Waals surface area contributed by atoms with Crippen molar-refractivity contribution >= 4 is 0 Å². The predicted molar refractivity (Wildman–Crippen MR) is 187 cm³/mol. The Kier molecular flexibility index (Phi) is 16.2. The summed E-state index contributed by atoms with van der Waals surface area (Å²) in [5.74, 6) is 0. The minimum atomic E-state index is -0.419. The molecular formula is C41H43N3Zr. The second-order valence-electron chi connectivity index (χ2n) is 10.6. The van der Waals surface area contributed by atoms with Gasteiger partial charge >= 0.3 is 26.2 Å². The molecule has 1 atom stereocenters. The molecule has 226 valence electrons. The van der Waals surface area contributed by atoms with Crippen LogP contribution in [-0.2, 0) is 38.2 Å². The van der Waals surface area contributed by atoms with Gasteiger partial charge in [-0.25, -0.2) is 0 Å². The first-order valence-electron chi connectivity index (χ1n) is 14.7. The molecule has 0 spiro atoms. The third kappa shape index (κ3) is 13.4. The summed E-state index contributed by atoms with van der Waals surface area (Å²) in [6.45, 7) is 17.5. The normalized spacial score (nSPS) is 10.9. The van der Waals surface area contributed by atoms with E-state index in [0.29, 0.717) is 0 Å². The van der Waals surface area contributed by atoms with Crippen molar-refractivity contribution in [3.05, 3.63) is 223 Å². The van der Waals surface area contributed by atoms with Crippen LogP contribution >= 0.6 is 0 Å². The van der Waals surface area contributed by atoms with E-state index in [-0.39, 0.29) is 26.2 Å². The molecule has 3 nitrogen and oxygen atoms in total. The van der Waals surface area contributed by atoms with Gasteiger partial charge in [-0.2, -0.15) is 73.9 Å². The first-order chi connectivity index (χ1) is 21.3. The maximum absolute atomic E-state index is 5.07. The third-order valence-corrected chi connectivity index (χ3v) is 6.69. The fourth-order valence-corrected chi connectivity index (χ4v) is 4.32. The van der Waals surface area contributed by atoms with Crippen molar-refractivity contribution in [2.75, 3.05) is 0 Å². The van der Waals surface area contributed by atoms with Crippen molar-refractivity contribution in [1.29, 1.82) is 0 Å². The second-order valence-corrected chi connectivity index (χ2v) is 10.6. The third-order valence-electron chi connectivity index (χ3n) is 6.69. The maximum Gasteiger partial charge on any atom is 4.00 e. The molecule has 4 aromatic carbocycles. The van der Waals surface area contributed by atoms with E-state index < -0.39 is 5.54 Å². The van der Waals surface area contributed by atoms with Crippen molar-refractivity contribution in [2.45, 2.75) is 32.7 Å². The predicted octanol–water partition coefficient (Wildman–Crippen LogP) is 10.4. The van der Waals surface area contributed by atoms with Crippen molar-refractivity contribution in [1.82, 2.24) is 9.66 Å². The van der Waals surface area contributed by atoms with Crippen molar-refractivity contribution < 1.29 is 26.2 Å². The SMILES string of the molecule is Cc1ccc(C)n1[N-][C@](C)(Cc1ccccc1)c1ccccn1.[CH2-]c1ccccc1.[CH2-]c1ccccc1.[CH2-]c1ccccc1.[Zr+4]. The smallest absolute Gasteiger partial charge is 0.607 e. The molecule has 0 N–H and O–H groups in total. The van der Waals surface area contributed by atoms with Gasteiger partial charge in [-0.05, 0) is 55.6 Å². The summed E-state index contributed by atoms with van der Waals surface area (Å²) >= 11 is 0. The van der Waals surface area contributed by atoms with Crippen LogP contribution in [0.2, 0.25) is 0 Å². The van der Waals surface area contributed by atoms with Gasteiger partial charge in [-0.3, -0.25) is 4.98 Å². The van der Waals surface area contributed by atoms with E-state index >= 15 is 0 Å². The van der Waals surface area contributed by atoms with E-state index in [4.69, 9.17) is 5.43 Å². The molecule has 0 unspecified atom stereocenters. The summed E-state index contributed by atoms with van der Waals surface area (Å²) in [6, 6.07) is 50.3. The molecule has 6 aromatic rings. The summed E-state index contributed by atoms with van der Waals surface area (Å²) in [7, 11) is 0. The van der Waals surface area contributed by atoms with Crippen LogP contribution in [0.3, 0.4) is 0 Å². The summed E-state index contributed by atoms with van der Waals surface area (Å²) in [5, 5.41) is 0. The number of rotatable bonds is 5. The van der Waals surface area contributed by atoms with Crippen LogP contribution in [0.1, 0.15) is 46.3 Å². The van der Waals surface area contributed by atoms with E-state index in [0.717, 1.165) is 40.2 Å². The zero-order chi connectivity index (χ0) is 31.6. The zero-order valence-corrected chi connectivity index (χ0v) is 29.1. The number of nitrogens with zero attached hydrogens (tertiary/aromatic N) is 3. The van der Waals surface area contributed by atoms with Crippen LogP contribution in [0, 0.1) is 34.6 Å². The largest absolute Gasteiger partial charge is 4.00 e. The van der Waals surface area contributed by atoms with E-state index in [1.54, 1.807) is 0 Å². The van der Waals surface area contributed by atoms with Gasteiger partial charge < -0.3 is 10.1 Å². The summed E-state index contributed by atoms with van der Waals surface area (Å²) < 4.78 is 2.03. The van der Waals surface area contributed by atoms with Gasteiger partial charge in [0.2, 0.25) is 0 Å². The number of aromatic nitrogens is 2. The number of hydrogen-bond acceptors (Lipinski definition) is 1. The van der Waals surface area contributed by atoms with E-state index in [2.05, 4.69) is 89.0 Å². The number of hydrogen-bond donors (Lipinski definition) is 0. The van der Waals surface area contributed by atoms with E-state index in [1.165, 1.54) is 5.56 Å². The summed E-state index contributed by atoms with van der Waals surface area (Å²) in [6.07, 6.45) is 2.64. The minimum Gasteiger partial charge on any atom is -0.607 e. The Bertz CT molecular complexity index is 1480. The Balaban J connectivity index is 0.000000259. The average molecular weight is 669 g/mol. The topological polar surface area (TPSA) is 31.9 Å². The van der Waals surface area contributed by atoms with Crippen LogP contribution in [0.15, 0.2) is 158 Å². The molecule has 0 aliphatic heterocycles. The minimum absolute atomic E-state index is 0. The molecule has 2 heterocycles. The first-order valence-corrected chi connectivity index (χ1v) is 14.7. The monoisotopic (exact) mass is 667 g/mol. The summed E-state index contributed by atoms with van der Waals surface area (Å²) in [5.41, 5.74) is 12.4. The van der Waals surface area contributed by atoms with Crippen LogP contribution < -0.4 is 0 Å². The Hall–Kier alpha value is -4.40. The van der Waals surface area contributed by atoms with Crippen LogP contribution in [0.25, 0.3) is 5.43 Å². The van der Waals surface area contributed by atoms with Gasteiger partial charge in [0.15, 0.2) is 0 Å². The standard InChI is InChI=1S/C20H22N3.3C7H7.Zr/c1-16-12-13-17(2)23(16)22-20(3,19-11-7-8-14-21-19)15-18-9-5-4-6-10-18;3*1-7-5-3-2-4-6-7;/h4-14H,15H2,1-3H3;3*2-6H,1H2;/q4*-1;+4/t20-;;;;/m1..../s1. The molecule has 6 rings (SSSR count). The molecule has 0 aliphatic carbocycles. The van der Waals surface area contributed by atoms with E-state index in [9.17, 15) is 0 Å².